The molecule has 128 valence electrons. The molecule has 0 spiro atoms. The maximum absolute atomic E-state index is 12.5. The first-order valence-corrected chi connectivity index (χ1v) is 8.12. The molecule has 0 fully saturated rings. The van der Waals surface area contributed by atoms with Crippen LogP contribution in [-0.2, 0) is 14.3 Å². The molecule has 5 nitrogen and oxygen atoms in total. The molecule has 1 rings (SSSR count). The molecule has 2 N–H and O–H groups in total. The van der Waals surface area contributed by atoms with Gasteiger partial charge in [-0.2, -0.15) is 0 Å². The van der Waals surface area contributed by atoms with Crippen LogP contribution < -0.4 is 5.32 Å². The summed E-state index contributed by atoms with van der Waals surface area (Å²) in [5, 5.41) is 12.7. The van der Waals surface area contributed by atoms with Crippen LogP contribution in [-0.4, -0.2) is 23.6 Å². The van der Waals surface area contributed by atoms with Gasteiger partial charge in [0.05, 0.1) is 6.61 Å². The summed E-state index contributed by atoms with van der Waals surface area (Å²) in [6.45, 7) is 9.62. The number of phenols is 1. The van der Waals surface area contributed by atoms with Crippen molar-refractivity contribution in [3.63, 3.8) is 0 Å². The molecule has 5 heteroatoms. The Labute approximate surface area is 138 Å². The molecule has 0 heterocycles. The van der Waals surface area contributed by atoms with E-state index >= 15 is 0 Å². The maximum atomic E-state index is 12.5. The summed E-state index contributed by atoms with van der Waals surface area (Å²) in [5.41, 5.74) is 2.14. The lowest BCUT2D eigenvalue weighted by Crippen LogP contribution is -2.31. The fourth-order valence-electron chi connectivity index (χ4n) is 2.41. The van der Waals surface area contributed by atoms with Crippen LogP contribution in [0.4, 0.5) is 5.69 Å². The number of esters is 1. The van der Waals surface area contributed by atoms with Crippen molar-refractivity contribution in [2.75, 3.05) is 11.9 Å². The van der Waals surface area contributed by atoms with E-state index in [1.165, 1.54) is 0 Å². The molecule has 1 amide bonds. The van der Waals surface area contributed by atoms with Gasteiger partial charge in [0.1, 0.15) is 11.7 Å². The SMILES string of the molecule is CCCC(C(=O)Nc1cc(C)c(O)cc1C(C)C)C(=O)OCC. The van der Waals surface area contributed by atoms with Crippen LogP contribution in [0.5, 0.6) is 5.75 Å². The van der Waals surface area contributed by atoms with Gasteiger partial charge in [-0.1, -0.05) is 27.2 Å². The van der Waals surface area contributed by atoms with Gasteiger partial charge >= 0.3 is 5.97 Å². The number of carbonyl (C=O) groups excluding carboxylic acids is 2. The van der Waals surface area contributed by atoms with Gasteiger partial charge in [-0.05, 0) is 49.4 Å². The highest BCUT2D eigenvalue weighted by atomic mass is 16.5. The normalized spacial score (nSPS) is 12.1. The summed E-state index contributed by atoms with van der Waals surface area (Å²) in [6.07, 6.45) is 1.15. The molecule has 0 saturated carbocycles. The number of hydrogen-bond donors (Lipinski definition) is 2. The molecule has 0 saturated heterocycles. The number of aromatic hydroxyl groups is 1. The second kappa shape index (κ2) is 8.56. The number of hydrogen-bond acceptors (Lipinski definition) is 4. The van der Waals surface area contributed by atoms with Gasteiger partial charge in [0.2, 0.25) is 5.91 Å². The monoisotopic (exact) mass is 321 g/mol. The van der Waals surface area contributed by atoms with Crippen molar-refractivity contribution in [2.24, 2.45) is 5.92 Å². The van der Waals surface area contributed by atoms with Gasteiger partial charge < -0.3 is 15.2 Å². The number of carbonyl (C=O) groups is 2. The Morgan fingerprint density at radius 3 is 2.43 bits per heavy atom. The first-order valence-electron chi connectivity index (χ1n) is 8.12. The molecule has 23 heavy (non-hydrogen) atoms. The minimum atomic E-state index is -0.811. The number of rotatable bonds is 7. The van der Waals surface area contributed by atoms with E-state index in [2.05, 4.69) is 5.32 Å². The maximum Gasteiger partial charge on any atom is 0.318 e. The Kier molecular flexibility index (Phi) is 7.07. The Morgan fingerprint density at radius 1 is 1.26 bits per heavy atom. The van der Waals surface area contributed by atoms with E-state index < -0.39 is 11.9 Å². The van der Waals surface area contributed by atoms with E-state index in [0.29, 0.717) is 24.1 Å². The predicted molar refractivity (Wildman–Crippen MR) is 90.6 cm³/mol. The highest BCUT2D eigenvalue weighted by Gasteiger charge is 2.28. The average molecular weight is 321 g/mol. The van der Waals surface area contributed by atoms with E-state index in [4.69, 9.17) is 4.74 Å². The largest absolute Gasteiger partial charge is 0.508 e. The van der Waals surface area contributed by atoms with Gasteiger partial charge in [0.15, 0.2) is 0 Å². The molecule has 0 radical (unpaired) electrons. The highest BCUT2D eigenvalue weighted by Crippen LogP contribution is 2.31. The summed E-state index contributed by atoms with van der Waals surface area (Å²) in [4.78, 5) is 24.5. The number of phenolic OH excluding ortho intramolecular Hbond substituents is 1. The molecule has 0 aromatic heterocycles. The molecule has 0 aliphatic rings. The quantitative estimate of drug-likeness (QED) is 0.456. The summed E-state index contributed by atoms with van der Waals surface area (Å²) in [6, 6.07) is 3.39. The second-order valence-electron chi connectivity index (χ2n) is 5.96. The average Bonchev–Trinajstić information content (AvgIpc) is 2.47. The van der Waals surface area contributed by atoms with Gasteiger partial charge in [-0.25, -0.2) is 0 Å². The lowest BCUT2D eigenvalue weighted by atomic mass is 9.97. The van der Waals surface area contributed by atoms with Crippen LogP contribution in [0, 0.1) is 12.8 Å². The van der Waals surface area contributed by atoms with Crippen molar-refractivity contribution < 1.29 is 19.4 Å². The number of ether oxygens (including phenoxy) is 1. The molecule has 1 atom stereocenters. The zero-order valence-electron chi connectivity index (χ0n) is 14.6. The number of benzene rings is 1. The number of anilines is 1. The molecule has 0 aliphatic heterocycles. The van der Waals surface area contributed by atoms with Gasteiger partial charge in [-0.3, -0.25) is 9.59 Å². The highest BCUT2D eigenvalue weighted by molar-refractivity contribution is 6.05. The first kappa shape index (κ1) is 19.0. The summed E-state index contributed by atoms with van der Waals surface area (Å²) in [5.74, 6) is -1.34. The minimum absolute atomic E-state index is 0.129. The number of nitrogens with one attached hydrogen (secondary N) is 1. The van der Waals surface area contributed by atoms with Crippen molar-refractivity contribution in [2.45, 2.75) is 53.4 Å². The van der Waals surface area contributed by atoms with E-state index in [1.807, 2.05) is 20.8 Å². The van der Waals surface area contributed by atoms with E-state index in [-0.39, 0.29) is 24.2 Å². The van der Waals surface area contributed by atoms with Crippen LogP contribution in [0.15, 0.2) is 12.1 Å². The van der Waals surface area contributed by atoms with Gasteiger partial charge in [0, 0.05) is 5.69 Å². The van der Waals surface area contributed by atoms with Crippen molar-refractivity contribution in [3.05, 3.63) is 23.3 Å². The van der Waals surface area contributed by atoms with Crippen LogP contribution >= 0.6 is 0 Å². The zero-order valence-corrected chi connectivity index (χ0v) is 14.6. The Morgan fingerprint density at radius 2 is 1.91 bits per heavy atom. The topological polar surface area (TPSA) is 75.6 Å². The third-order valence-corrected chi connectivity index (χ3v) is 3.71. The third-order valence-electron chi connectivity index (χ3n) is 3.71. The zero-order chi connectivity index (χ0) is 17.6. The first-order chi connectivity index (χ1) is 10.8. The standard InChI is InChI=1S/C18H27NO4/c1-6-8-13(18(22)23-7-2)17(21)19-15-9-12(5)16(20)10-14(15)11(3)4/h9-11,13,20H,6-8H2,1-5H3,(H,19,21). The second-order valence-corrected chi connectivity index (χ2v) is 5.96. The van der Waals surface area contributed by atoms with Crippen LogP contribution in [0.2, 0.25) is 0 Å². The van der Waals surface area contributed by atoms with E-state index in [1.54, 1.807) is 26.0 Å². The van der Waals surface area contributed by atoms with Crippen LogP contribution in [0.3, 0.4) is 0 Å². The fourth-order valence-corrected chi connectivity index (χ4v) is 2.41. The van der Waals surface area contributed by atoms with Crippen molar-refractivity contribution >= 4 is 17.6 Å². The van der Waals surface area contributed by atoms with E-state index in [0.717, 1.165) is 5.56 Å². The van der Waals surface area contributed by atoms with Gasteiger partial charge in [-0.15, -0.1) is 0 Å². The van der Waals surface area contributed by atoms with Crippen LogP contribution in [0.25, 0.3) is 0 Å². The number of amides is 1. The Balaban J connectivity index is 3.06. The Hall–Kier alpha value is -2.04. The minimum Gasteiger partial charge on any atom is -0.508 e. The molecule has 0 aliphatic carbocycles. The van der Waals surface area contributed by atoms with Crippen LogP contribution in [0.1, 0.15) is 57.6 Å². The fraction of sp³-hybridized carbons (Fsp3) is 0.556. The predicted octanol–water partition coefficient (Wildman–Crippen LogP) is 3.74. The molecule has 1 unspecified atom stereocenters. The summed E-state index contributed by atoms with van der Waals surface area (Å²) in [7, 11) is 0. The molecule has 1 aromatic rings. The van der Waals surface area contributed by atoms with Crippen molar-refractivity contribution in [1.29, 1.82) is 0 Å². The smallest absolute Gasteiger partial charge is 0.318 e. The molecular formula is C18H27NO4. The summed E-state index contributed by atoms with van der Waals surface area (Å²) < 4.78 is 5.00. The van der Waals surface area contributed by atoms with Crippen molar-refractivity contribution in [3.8, 4) is 5.75 Å². The molecule has 0 bridgehead atoms. The third kappa shape index (κ3) is 4.98. The number of aryl methyl sites for hydroxylation is 1. The van der Waals surface area contributed by atoms with E-state index in [9.17, 15) is 14.7 Å². The lowest BCUT2D eigenvalue weighted by Gasteiger charge is -2.19. The van der Waals surface area contributed by atoms with Crippen molar-refractivity contribution in [1.82, 2.24) is 0 Å². The Bertz CT molecular complexity index is 566. The lowest BCUT2D eigenvalue weighted by molar-refractivity contribution is -0.151. The van der Waals surface area contributed by atoms with Gasteiger partial charge in [0.25, 0.3) is 0 Å². The molecular weight excluding hydrogens is 294 g/mol. The molecule has 1 aromatic carbocycles. The summed E-state index contributed by atoms with van der Waals surface area (Å²) >= 11 is 0.